The zero-order chi connectivity index (χ0) is 23.3. The van der Waals surface area contributed by atoms with Crippen LogP contribution in [0.5, 0.6) is 0 Å². The number of halogens is 1. The topological polar surface area (TPSA) is 46.3 Å². The molecule has 1 aromatic rings. The smallest absolute Gasteiger partial charge is 0.135 e. The number of carbonyl (C=O) groups is 1. The van der Waals surface area contributed by atoms with Gasteiger partial charge in [0.1, 0.15) is 11.6 Å². The zero-order valence-electron chi connectivity index (χ0n) is 19.9. The SMILES string of the molecule is C=C(S/C=C(\C)CC)N1CCCC(N)C1.CC(=O)C(C)(C)C.Cc1ccc(F)cc1. The number of thioether (sulfide) groups is 1. The average Bonchev–Trinajstić information content (AvgIpc) is 2.68. The van der Waals surface area contributed by atoms with Crippen LogP contribution in [0.4, 0.5) is 4.39 Å². The molecule has 3 nitrogen and oxygen atoms in total. The van der Waals surface area contributed by atoms with Gasteiger partial charge in [0.15, 0.2) is 0 Å². The first kappa shape index (κ1) is 28.4. The quantitative estimate of drug-likeness (QED) is 0.571. The molecule has 1 atom stereocenters. The molecule has 30 heavy (non-hydrogen) atoms. The fourth-order valence-electron chi connectivity index (χ4n) is 2.10. The van der Waals surface area contributed by atoms with E-state index < -0.39 is 0 Å². The summed E-state index contributed by atoms with van der Waals surface area (Å²) in [6.07, 6.45) is 3.45. The van der Waals surface area contributed by atoms with E-state index in [-0.39, 0.29) is 17.0 Å². The predicted octanol–water partition coefficient (Wildman–Crippen LogP) is 6.68. The van der Waals surface area contributed by atoms with Gasteiger partial charge in [-0.15, -0.1) is 0 Å². The Morgan fingerprint density at radius 2 is 1.83 bits per heavy atom. The Hall–Kier alpha value is -1.59. The number of allylic oxidation sites excluding steroid dienone is 1. The van der Waals surface area contributed by atoms with Crippen LogP contribution < -0.4 is 5.73 Å². The largest absolute Gasteiger partial charge is 0.365 e. The van der Waals surface area contributed by atoms with Crippen LogP contribution in [0, 0.1) is 18.2 Å². The number of hydrogen-bond acceptors (Lipinski definition) is 4. The third kappa shape index (κ3) is 13.6. The number of benzene rings is 1. The second-order valence-corrected chi connectivity index (χ2v) is 9.72. The maximum atomic E-state index is 12.1. The number of carbonyl (C=O) groups excluding carboxylic acids is 1. The molecule has 0 aromatic heterocycles. The number of Topliss-reactive ketones (excluding diaryl/α,β-unsaturated/α-hetero) is 1. The molecule has 1 aliphatic heterocycles. The molecule has 0 amide bonds. The van der Waals surface area contributed by atoms with Crippen molar-refractivity contribution < 1.29 is 9.18 Å². The molecule has 1 heterocycles. The van der Waals surface area contributed by atoms with Crippen LogP contribution in [0.1, 0.15) is 66.4 Å². The van der Waals surface area contributed by atoms with Crippen LogP contribution in [-0.2, 0) is 4.79 Å². The molecule has 2 N–H and O–H groups in total. The van der Waals surface area contributed by atoms with Gasteiger partial charge in [-0.1, -0.05) is 69.3 Å². The summed E-state index contributed by atoms with van der Waals surface area (Å²) in [5.41, 5.74) is 8.29. The summed E-state index contributed by atoms with van der Waals surface area (Å²) in [4.78, 5) is 12.8. The van der Waals surface area contributed by atoms with Gasteiger partial charge in [0, 0.05) is 24.5 Å². The van der Waals surface area contributed by atoms with Crippen molar-refractivity contribution in [3.05, 3.63) is 58.2 Å². The standard InChI is InChI=1S/C12H22N2S.C7H7F.C6H12O/c1-4-10(2)9-15-11(3)14-7-5-6-12(13)8-14;1-6-2-4-7(8)5-3-6;1-5(7)6(2,3)4/h9,12H,3-8,13H2,1-2H3;2-5H,1H3;1-4H3/b10-9+;;. The Morgan fingerprint density at radius 1 is 1.30 bits per heavy atom. The third-order valence-electron chi connectivity index (χ3n) is 4.83. The lowest BCUT2D eigenvalue weighted by atomic mass is 9.92. The van der Waals surface area contributed by atoms with Crippen molar-refractivity contribution in [2.75, 3.05) is 13.1 Å². The van der Waals surface area contributed by atoms with Crippen LogP contribution in [-0.4, -0.2) is 29.8 Å². The summed E-state index contributed by atoms with van der Waals surface area (Å²) >= 11 is 1.73. The van der Waals surface area contributed by atoms with E-state index in [1.807, 2.05) is 27.7 Å². The molecule has 170 valence electrons. The van der Waals surface area contributed by atoms with E-state index in [4.69, 9.17) is 5.73 Å². The van der Waals surface area contributed by atoms with E-state index in [0.29, 0.717) is 6.04 Å². The van der Waals surface area contributed by atoms with Gasteiger partial charge in [0.2, 0.25) is 0 Å². The summed E-state index contributed by atoms with van der Waals surface area (Å²) in [6.45, 7) is 19.8. The predicted molar refractivity (Wildman–Crippen MR) is 131 cm³/mol. The second-order valence-electron chi connectivity index (χ2n) is 8.78. The van der Waals surface area contributed by atoms with Gasteiger partial charge in [-0.3, -0.25) is 4.79 Å². The summed E-state index contributed by atoms with van der Waals surface area (Å²) in [5, 5.41) is 3.33. The summed E-state index contributed by atoms with van der Waals surface area (Å²) in [5.74, 6) is 0.0723. The van der Waals surface area contributed by atoms with E-state index >= 15 is 0 Å². The third-order valence-corrected chi connectivity index (χ3v) is 5.88. The first-order chi connectivity index (χ1) is 13.9. The molecule has 5 heteroatoms. The monoisotopic (exact) mass is 436 g/mol. The maximum Gasteiger partial charge on any atom is 0.135 e. The van der Waals surface area contributed by atoms with E-state index in [2.05, 4.69) is 30.7 Å². The minimum absolute atomic E-state index is 0.139. The Morgan fingerprint density at radius 3 is 2.23 bits per heavy atom. The van der Waals surface area contributed by atoms with Crippen molar-refractivity contribution in [3.8, 4) is 0 Å². The fraction of sp³-hybridized carbons (Fsp3) is 0.560. The highest BCUT2D eigenvalue weighted by molar-refractivity contribution is 8.05. The molecule has 1 saturated heterocycles. The first-order valence-corrected chi connectivity index (χ1v) is 11.5. The second kappa shape index (κ2) is 14.4. The molecule has 0 saturated carbocycles. The molecular formula is C25H41FN2OS. The van der Waals surface area contributed by atoms with Gasteiger partial charge in [0.25, 0.3) is 0 Å². The van der Waals surface area contributed by atoms with E-state index in [0.717, 1.165) is 36.5 Å². The zero-order valence-corrected chi connectivity index (χ0v) is 20.7. The Kier molecular flexibility index (Phi) is 13.7. The molecule has 1 unspecified atom stereocenters. The minimum atomic E-state index is -0.171. The number of piperidine rings is 1. The number of likely N-dealkylation sites (tertiary alicyclic amines) is 1. The number of nitrogens with zero attached hydrogens (tertiary/aromatic N) is 1. The number of aryl methyl sites for hydroxylation is 1. The normalized spacial score (nSPS) is 16.6. The summed E-state index contributed by atoms with van der Waals surface area (Å²) in [6, 6.07) is 6.72. The van der Waals surface area contributed by atoms with Crippen LogP contribution in [0.25, 0.3) is 0 Å². The lowest BCUT2D eigenvalue weighted by Crippen LogP contribution is -2.41. The van der Waals surface area contributed by atoms with Crippen molar-refractivity contribution in [3.63, 3.8) is 0 Å². The molecule has 2 rings (SSSR count). The average molecular weight is 437 g/mol. The van der Waals surface area contributed by atoms with E-state index in [1.54, 1.807) is 30.8 Å². The van der Waals surface area contributed by atoms with Crippen LogP contribution in [0.3, 0.4) is 0 Å². The van der Waals surface area contributed by atoms with Gasteiger partial charge in [-0.25, -0.2) is 4.39 Å². The molecule has 1 aliphatic rings. The number of ketones is 1. The van der Waals surface area contributed by atoms with Crippen LogP contribution in [0.15, 0.2) is 46.9 Å². The van der Waals surface area contributed by atoms with Crippen molar-refractivity contribution in [2.24, 2.45) is 11.1 Å². The highest BCUT2D eigenvalue weighted by Gasteiger charge is 2.17. The lowest BCUT2D eigenvalue weighted by Gasteiger charge is -2.33. The molecular weight excluding hydrogens is 395 g/mol. The van der Waals surface area contributed by atoms with E-state index in [1.165, 1.54) is 24.1 Å². The van der Waals surface area contributed by atoms with Crippen molar-refractivity contribution in [1.82, 2.24) is 4.90 Å². The van der Waals surface area contributed by atoms with Gasteiger partial charge in [0.05, 0.1) is 5.03 Å². The molecule has 1 fully saturated rings. The minimum Gasteiger partial charge on any atom is -0.365 e. The molecule has 0 bridgehead atoms. The van der Waals surface area contributed by atoms with Gasteiger partial charge in [-0.2, -0.15) is 0 Å². The number of hydrogen-bond donors (Lipinski definition) is 1. The molecule has 0 aliphatic carbocycles. The Labute approximate surface area is 188 Å². The molecule has 0 spiro atoms. The van der Waals surface area contributed by atoms with Crippen molar-refractivity contribution >= 4 is 17.5 Å². The first-order valence-electron chi connectivity index (χ1n) is 10.6. The van der Waals surface area contributed by atoms with Gasteiger partial charge < -0.3 is 10.6 Å². The highest BCUT2D eigenvalue weighted by atomic mass is 32.2. The summed E-state index contributed by atoms with van der Waals surface area (Å²) in [7, 11) is 0. The fourth-order valence-corrected chi connectivity index (χ4v) is 2.91. The Balaban J connectivity index is 0.000000471. The van der Waals surface area contributed by atoms with Crippen LogP contribution in [0.2, 0.25) is 0 Å². The maximum absolute atomic E-state index is 12.1. The lowest BCUT2D eigenvalue weighted by molar-refractivity contribution is -0.124. The summed E-state index contributed by atoms with van der Waals surface area (Å²) < 4.78 is 12.1. The van der Waals surface area contributed by atoms with Gasteiger partial charge >= 0.3 is 0 Å². The Bertz CT molecular complexity index is 656. The number of nitrogens with two attached hydrogens (primary N) is 1. The molecule has 0 radical (unpaired) electrons. The van der Waals surface area contributed by atoms with Crippen LogP contribution >= 0.6 is 11.8 Å². The number of rotatable bonds is 4. The van der Waals surface area contributed by atoms with Crippen molar-refractivity contribution in [1.29, 1.82) is 0 Å². The van der Waals surface area contributed by atoms with E-state index in [9.17, 15) is 9.18 Å². The molecule has 1 aromatic carbocycles. The highest BCUT2D eigenvalue weighted by Crippen LogP contribution is 2.24. The van der Waals surface area contributed by atoms with Gasteiger partial charge in [-0.05, 0) is 57.6 Å². The van der Waals surface area contributed by atoms with Crippen molar-refractivity contribution in [2.45, 2.75) is 73.8 Å².